The highest BCUT2D eigenvalue weighted by atomic mass is 15.2. The van der Waals surface area contributed by atoms with E-state index in [-0.39, 0.29) is 0 Å². The molecule has 0 aromatic carbocycles. The third-order valence-corrected chi connectivity index (χ3v) is 5.50. The van der Waals surface area contributed by atoms with Crippen LogP contribution in [0.5, 0.6) is 0 Å². The van der Waals surface area contributed by atoms with Gasteiger partial charge >= 0.3 is 0 Å². The molecule has 1 aromatic rings. The molecule has 0 aliphatic carbocycles. The summed E-state index contributed by atoms with van der Waals surface area (Å²) in [4.78, 5) is 14.4. The Labute approximate surface area is 169 Å². The first-order chi connectivity index (χ1) is 13.5. The van der Waals surface area contributed by atoms with E-state index in [9.17, 15) is 0 Å². The number of nitrogens with zero attached hydrogens (tertiary/aromatic N) is 4. The summed E-state index contributed by atoms with van der Waals surface area (Å²) < 4.78 is 0. The van der Waals surface area contributed by atoms with Gasteiger partial charge < -0.3 is 20.4 Å². The van der Waals surface area contributed by atoms with Crippen molar-refractivity contribution in [1.82, 2.24) is 25.5 Å². The van der Waals surface area contributed by atoms with E-state index in [0.29, 0.717) is 12.0 Å². The number of rotatable bonds is 6. The molecule has 1 fully saturated rings. The molecule has 0 unspecified atom stereocenters. The maximum absolute atomic E-state index is 4.97. The fourth-order valence-electron chi connectivity index (χ4n) is 3.80. The van der Waals surface area contributed by atoms with Crippen LogP contribution in [-0.4, -0.2) is 47.6 Å². The van der Waals surface area contributed by atoms with Gasteiger partial charge in [-0.2, -0.15) is 0 Å². The largest absolute Gasteiger partial charge is 0.387 e. The third-order valence-electron chi connectivity index (χ3n) is 5.50. The zero-order valence-electron chi connectivity index (χ0n) is 17.7. The molecule has 152 valence electrons. The SMILES string of the molecule is C=C(C)N1C[C@H](c2nc(C3=CNCCN3)cc(N(C)/C=C/CC)n2)CC[C@@H]1C. The zero-order valence-corrected chi connectivity index (χ0v) is 17.7. The van der Waals surface area contributed by atoms with Gasteiger partial charge in [0.1, 0.15) is 11.6 Å². The summed E-state index contributed by atoms with van der Waals surface area (Å²) >= 11 is 0. The number of likely N-dealkylation sites (tertiary alicyclic amines) is 1. The second kappa shape index (κ2) is 9.13. The van der Waals surface area contributed by atoms with Crippen LogP contribution in [-0.2, 0) is 0 Å². The van der Waals surface area contributed by atoms with Crippen molar-refractivity contribution in [3.05, 3.63) is 48.3 Å². The molecular weight excluding hydrogens is 348 g/mol. The topological polar surface area (TPSA) is 56.3 Å². The highest BCUT2D eigenvalue weighted by Crippen LogP contribution is 2.31. The molecule has 6 nitrogen and oxygen atoms in total. The average Bonchev–Trinajstić information content (AvgIpc) is 2.72. The lowest BCUT2D eigenvalue weighted by atomic mass is 9.92. The van der Waals surface area contributed by atoms with Gasteiger partial charge in [-0.3, -0.25) is 0 Å². The molecule has 6 heteroatoms. The predicted octanol–water partition coefficient (Wildman–Crippen LogP) is 3.43. The molecule has 0 spiro atoms. The van der Waals surface area contributed by atoms with E-state index in [1.807, 2.05) is 13.2 Å². The van der Waals surface area contributed by atoms with Gasteiger partial charge in [0.25, 0.3) is 0 Å². The fourth-order valence-corrected chi connectivity index (χ4v) is 3.80. The summed E-state index contributed by atoms with van der Waals surface area (Å²) in [6, 6.07) is 2.59. The molecule has 2 aliphatic rings. The molecule has 3 rings (SSSR count). The monoisotopic (exact) mass is 382 g/mol. The van der Waals surface area contributed by atoms with Crippen molar-refractivity contribution in [3.8, 4) is 0 Å². The van der Waals surface area contributed by atoms with Gasteiger partial charge in [0, 0.05) is 62.8 Å². The quantitative estimate of drug-likeness (QED) is 0.786. The van der Waals surface area contributed by atoms with Crippen molar-refractivity contribution in [2.24, 2.45) is 0 Å². The van der Waals surface area contributed by atoms with Gasteiger partial charge in [-0.25, -0.2) is 9.97 Å². The van der Waals surface area contributed by atoms with Crippen LogP contribution in [0.4, 0.5) is 5.82 Å². The van der Waals surface area contributed by atoms with Crippen LogP contribution in [0.1, 0.15) is 57.5 Å². The van der Waals surface area contributed by atoms with Gasteiger partial charge in [0.2, 0.25) is 0 Å². The summed E-state index contributed by atoms with van der Waals surface area (Å²) in [6.45, 7) is 13.4. The molecule has 3 heterocycles. The number of hydrogen-bond donors (Lipinski definition) is 2. The second-order valence-corrected chi connectivity index (χ2v) is 7.82. The van der Waals surface area contributed by atoms with Crippen LogP contribution in [0.2, 0.25) is 0 Å². The molecule has 2 N–H and O–H groups in total. The maximum atomic E-state index is 4.97. The van der Waals surface area contributed by atoms with Crippen LogP contribution >= 0.6 is 0 Å². The van der Waals surface area contributed by atoms with Crippen molar-refractivity contribution >= 4 is 11.5 Å². The minimum Gasteiger partial charge on any atom is -0.387 e. The first-order valence-corrected chi connectivity index (χ1v) is 10.4. The highest BCUT2D eigenvalue weighted by molar-refractivity contribution is 5.64. The molecule has 2 aliphatic heterocycles. The van der Waals surface area contributed by atoms with Crippen molar-refractivity contribution in [2.45, 2.75) is 52.0 Å². The van der Waals surface area contributed by atoms with Gasteiger partial charge in [-0.15, -0.1) is 0 Å². The molecule has 0 amide bonds. The van der Waals surface area contributed by atoms with E-state index in [2.05, 4.69) is 66.1 Å². The first-order valence-electron chi connectivity index (χ1n) is 10.4. The Morgan fingerprint density at radius 1 is 1.36 bits per heavy atom. The van der Waals surface area contributed by atoms with Crippen LogP contribution in [0.15, 0.2) is 36.8 Å². The van der Waals surface area contributed by atoms with Crippen LogP contribution in [0.3, 0.4) is 0 Å². The maximum Gasteiger partial charge on any atom is 0.136 e. The van der Waals surface area contributed by atoms with E-state index in [1.165, 1.54) is 0 Å². The number of anilines is 1. The summed E-state index contributed by atoms with van der Waals surface area (Å²) in [7, 11) is 2.05. The van der Waals surface area contributed by atoms with Crippen molar-refractivity contribution < 1.29 is 0 Å². The Bertz CT molecular complexity index is 753. The zero-order chi connectivity index (χ0) is 20.1. The van der Waals surface area contributed by atoms with Gasteiger partial charge in [-0.1, -0.05) is 19.6 Å². The Balaban J connectivity index is 1.96. The minimum atomic E-state index is 0.312. The lowest BCUT2D eigenvalue weighted by Crippen LogP contribution is -2.40. The van der Waals surface area contributed by atoms with Gasteiger partial charge in [0.15, 0.2) is 0 Å². The summed E-state index contributed by atoms with van der Waals surface area (Å²) in [6.07, 6.45) is 9.48. The Morgan fingerprint density at radius 2 is 2.18 bits per heavy atom. The highest BCUT2D eigenvalue weighted by Gasteiger charge is 2.29. The Morgan fingerprint density at radius 3 is 2.86 bits per heavy atom. The van der Waals surface area contributed by atoms with Gasteiger partial charge in [0.05, 0.1) is 11.4 Å². The number of hydrogen-bond acceptors (Lipinski definition) is 6. The van der Waals surface area contributed by atoms with E-state index < -0.39 is 0 Å². The molecule has 2 atom stereocenters. The number of aromatic nitrogens is 2. The lowest BCUT2D eigenvalue weighted by Gasteiger charge is -2.39. The van der Waals surface area contributed by atoms with Gasteiger partial charge in [-0.05, 0) is 33.1 Å². The van der Waals surface area contributed by atoms with Crippen LogP contribution < -0.4 is 15.5 Å². The normalized spacial score (nSPS) is 22.4. The standard InChI is InChI=1S/C22H34N6/c1-6-7-12-27(5)21-13-19(20-14-23-10-11-24-20)25-22(26-21)18-9-8-17(4)28(15-18)16(2)3/h7,12-14,17-18,23-24H,2,6,8-11,15H2,1,3-5H3/b12-7+/t17-,18+/m0/s1. The molecule has 1 saturated heterocycles. The smallest absolute Gasteiger partial charge is 0.136 e. The number of nitrogens with one attached hydrogen (secondary N) is 2. The first kappa shape index (κ1) is 20.2. The van der Waals surface area contributed by atoms with E-state index in [1.54, 1.807) is 0 Å². The van der Waals surface area contributed by atoms with Crippen molar-refractivity contribution in [1.29, 1.82) is 0 Å². The molecular formula is C22H34N6. The summed E-state index contributed by atoms with van der Waals surface area (Å²) in [5, 5.41) is 6.77. The number of piperidine rings is 1. The van der Waals surface area contributed by atoms with E-state index in [0.717, 1.165) is 67.6 Å². The van der Waals surface area contributed by atoms with E-state index >= 15 is 0 Å². The van der Waals surface area contributed by atoms with Crippen LogP contribution in [0, 0.1) is 0 Å². The molecule has 1 aromatic heterocycles. The summed E-state index contributed by atoms with van der Waals surface area (Å²) in [5.74, 6) is 2.17. The molecule has 0 saturated carbocycles. The molecule has 0 bridgehead atoms. The lowest BCUT2D eigenvalue weighted by molar-refractivity contribution is 0.186. The van der Waals surface area contributed by atoms with Crippen molar-refractivity contribution in [2.75, 3.05) is 31.6 Å². The summed E-state index contributed by atoms with van der Waals surface area (Å²) in [5.41, 5.74) is 3.10. The third kappa shape index (κ3) is 4.66. The molecule has 28 heavy (non-hydrogen) atoms. The number of allylic oxidation sites excluding steroid dienone is 2. The predicted molar refractivity (Wildman–Crippen MR) is 117 cm³/mol. The Kier molecular flexibility index (Phi) is 6.60. The van der Waals surface area contributed by atoms with Crippen LogP contribution in [0.25, 0.3) is 5.70 Å². The fraction of sp³-hybridized carbons (Fsp3) is 0.545. The minimum absolute atomic E-state index is 0.312. The average molecular weight is 383 g/mol. The second-order valence-electron chi connectivity index (χ2n) is 7.82. The van der Waals surface area contributed by atoms with E-state index in [4.69, 9.17) is 9.97 Å². The van der Waals surface area contributed by atoms with Crippen molar-refractivity contribution in [3.63, 3.8) is 0 Å². The Hall–Kier alpha value is -2.50. The molecule has 0 radical (unpaired) electrons.